The Morgan fingerprint density at radius 1 is 1.19 bits per heavy atom. The normalized spacial score (nSPS) is 12.2. The molecule has 0 saturated carbocycles. The molecule has 2 N–H and O–H groups in total. The molecule has 0 spiro atoms. The van der Waals surface area contributed by atoms with Gasteiger partial charge in [-0.3, -0.25) is 0 Å². The highest BCUT2D eigenvalue weighted by Crippen LogP contribution is 2.30. The predicted octanol–water partition coefficient (Wildman–Crippen LogP) is 2.89. The standard InChI is InChI=1S/C13H21NO2/c1-4-5-6-11(14)10-7-8-12(15-2)13(9-10)16-3/h7-9,11H,4-6,14H2,1-3H3. The van der Waals surface area contributed by atoms with E-state index in [0.29, 0.717) is 0 Å². The van der Waals surface area contributed by atoms with Crippen molar-refractivity contribution < 1.29 is 9.47 Å². The number of methoxy groups -OCH3 is 2. The van der Waals surface area contributed by atoms with E-state index in [1.807, 2.05) is 18.2 Å². The van der Waals surface area contributed by atoms with Crippen LogP contribution in [0.15, 0.2) is 18.2 Å². The Hall–Kier alpha value is -1.22. The van der Waals surface area contributed by atoms with Crippen LogP contribution in [0.1, 0.15) is 37.8 Å². The molecule has 0 heterocycles. The fourth-order valence-corrected chi connectivity index (χ4v) is 1.67. The molecule has 16 heavy (non-hydrogen) atoms. The van der Waals surface area contributed by atoms with Gasteiger partial charge in [-0.05, 0) is 24.1 Å². The second-order valence-corrected chi connectivity index (χ2v) is 3.86. The molecule has 3 heteroatoms. The number of nitrogens with two attached hydrogens (primary N) is 1. The zero-order valence-corrected chi connectivity index (χ0v) is 10.3. The minimum Gasteiger partial charge on any atom is -0.493 e. The molecule has 1 atom stereocenters. The molecule has 0 radical (unpaired) electrons. The number of hydrogen-bond acceptors (Lipinski definition) is 3. The van der Waals surface area contributed by atoms with Crippen molar-refractivity contribution in [2.75, 3.05) is 14.2 Å². The van der Waals surface area contributed by atoms with E-state index < -0.39 is 0 Å². The van der Waals surface area contributed by atoms with E-state index in [0.717, 1.165) is 29.9 Å². The molecule has 0 aromatic heterocycles. The molecule has 0 aliphatic heterocycles. The van der Waals surface area contributed by atoms with Gasteiger partial charge >= 0.3 is 0 Å². The van der Waals surface area contributed by atoms with Crippen molar-refractivity contribution >= 4 is 0 Å². The number of rotatable bonds is 6. The highest BCUT2D eigenvalue weighted by Gasteiger charge is 2.09. The van der Waals surface area contributed by atoms with Gasteiger partial charge in [0.25, 0.3) is 0 Å². The Morgan fingerprint density at radius 2 is 1.88 bits per heavy atom. The average Bonchev–Trinajstić information content (AvgIpc) is 2.34. The Balaban J connectivity index is 2.81. The molecule has 1 aromatic rings. The maximum Gasteiger partial charge on any atom is 0.161 e. The van der Waals surface area contributed by atoms with Gasteiger partial charge in [0.2, 0.25) is 0 Å². The maximum absolute atomic E-state index is 6.10. The summed E-state index contributed by atoms with van der Waals surface area (Å²) in [4.78, 5) is 0. The third kappa shape index (κ3) is 3.14. The lowest BCUT2D eigenvalue weighted by Gasteiger charge is -2.14. The van der Waals surface area contributed by atoms with Gasteiger partial charge < -0.3 is 15.2 Å². The Morgan fingerprint density at radius 3 is 2.44 bits per heavy atom. The fourth-order valence-electron chi connectivity index (χ4n) is 1.67. The van der Waals surface area contributed by atoms with Crippen molar-refractivity contribution in [3.8, 4) is 11.5 Å². The topological polar surface area (TPSA) is 44.5 Å². The van der Waals surface area contributed by atoms with Crippen molar-refractivity contribution in [2.45, 2.75) is 32.2 Å². The van der Waals surface area contributed by atoms with Crippen LogP contribution in [0.2, 0.25) is 0 Å². The van der Waals surface area contributed by atoms with E-state index in [2.05, 4.69) is 6.92 Å². The molecule has 0 fully saturated rings. The summed E-state index contributed by atoms with van der Waals surface area (Å²) in [5.74, 6) is 1.49. The molecule has 0 aliphatic rings. The minimum absolute atomic E-state index is 0.0831. The van der Waals surface area contributed by atoms with Crippen LogP contribution >= 0.6 is 0 Å². The summed E-state index contributed by atoms with van der Waals surface area (Å²) in [5.41, 5.74) is 7.20. The quantitative estimate of drug-likeness (QED) is 0.806. The molecule has 0 saturated heterocycles. The molecule has 3 nitrogen and oxygen atoms in total. The second kappa shape index (κ2) is 6.38. The molecule has 1 aromatic carbocycles. The molecule has 0 amide bonds. The first kappa shape index (κ1) is 12.8. The summed E-state index contributed by atoms with van der Waals surface area (Å²) in [6, 6.07) is 5.95. The number of ether oxygens (including phenoxy) is 2. The van der Waals surface area contributed by atoms with Crippen LogP contribution in [0.25, 0.3) is 0 Å². The average molecular weight is 223 g/mol. The van der Waals surface area contributed by atoms with Gasteiger partial charge in [-0.25, -0.2) is 0 Å². The lowest BCUT2D eigenvalue weighted by atomic mass is 10.0. The maximum atomic E-state index is 6.10. The fraction of sp³-hybridized carbons (Fsp3) is 0.538. The smallest absolute Gasteiger partial charge is 0.161 e. The summed E-state index contributed by atoms with van der Waals surface area (Å²) >= 11 is 0. The summed E-state index contributed by atoms with van der Waals surface area (Å²) in [5, 5.41) is 0. The monoisotopic (exact) mass is 223 g/mol. The van der Waals surface area contributed by atoms with Gasteiger partial charge in [0.05, 0.1) is 14.2 Å². The molecule has 90 valence electrons. The molecule has 1 rings (SSSR count). The van der Waals surface area contributed by atoms with Gasteiger partial charge in [0.15, 0.2) is 11.5 Å². The van der Waals surface area contributed by atoms with Gasteiger partial charge in [-0.1, -0.05) is 25.8 Å². The first-order valence-corrected chi connectivity index (χ1v) is 5.70. The van der Waals surface area contributed by atoms with Crippen LogP contribution < -0.4 is 15.2 Å². The van der Waals surface area contributed by atoms with Crippen molar-refractivity contribution in [2.24, 2.45) is 5.73 Å². The van der Waals surface area contributed by atoms with E-state index in [1.165, 1.54) is 6.42 Å². The first-order valence-electron chi connectivity index (χ1n) is 5.70. The zero-order valence-electron chi connectivity index (χ0n) is 10.3. The van der Waals surface area contributed by atoms with Gasteiger partial charge in [0, 0.05) is 6.04 Å². The summed E-state index contributed by atoms with van der Waals surface area (Å²) < 4.78 is 10.4. The Labute approximate surface area is 97.6 Å². The van der Waals surface area contributed by atoms with Crippen LogP contribution in [-0.4, -0.2) is 14.2 Å². The largest absolute Gasteiger partial charge is 0.493 e. The van der Waals surface area contributed by atoms with Crippen LogP contribution in [0.5, 0.6) is 11.5 Å². The molecule has 0 bridgehead atoms. The minimum atomic E-state index is 0.0831. The van der Waals surface area contributed by atoms with Crippen molar-refractivity contribution in [1.29, 1.82) is 0 Å². The van der Waals surface area contributed by atoms with Crippen molar-refractivity contribution in [1.82, 2.24) is 0 Å². The number of benzene rings is 1. The number of unbranched alkanes of at least 4 members (excludes halogenated alkanes) is 1. The summed E-state index contributed by atoms with van der Waals surface area (Å²) in [6.07, 6.45) is 3.32. The Bertz CT molecular complexity index is 326. The zero-order chi connectivity index (χ0) is 12.0. The van der Waals surface area contributed by atoms with E-state index in [4.69, 9.17) is 15.2 Å². The third-order valence-corrected chi connectivity index (χ3v) is 2.70. The summed E-state index contributed by atoms with van der Waals surface area (Å²) in [6.45, 7) is 2.17. The van der Waals surface area contributed by atoms with Gasteiger partial charge in [-0.15, -0.1) is 0 Å². The molecule has 0 aliphatic carbocycles. The lowest BCUT2D eigenvalue weighted by Crippen LogP contribution is -2.10. The van der Waals surface area contributed by atoms with Gasteiger partial charge in [0.1, 0.15) is 0 Å². The van der Waals surface area contributed by atoms with Crippen LogP contribution in [0.4, 0.5) is 0 Å². The molecule has 1 unspecified atom stereocenters. The van der Waals surface area contributed by atoms with Crippen LogP contribution in [0.3, 0.4) is 0 Å². The van der Waals surface area contributed by atoms with Crippen molar-refractivity contribution in [3.05, 3.63) is 23.8 Å². The highest BCUT2D eigenvalue weighted by molar-refractivity contribution is 5.43. The Kier molecular flexibility index (Phi) is 5.12. The van der Waals surface area contributed by atoms with E-state index in [9.17, 15) is 0 Å². The lowest BCUT2D eigenvalue weighted by molar-refractivity contribution is 0.354. The highest BCUT2D eigenvalue weighted by atomic mass is 16.5. The third-order valence-electron chi connectivity index (χ3n) is 2.70. The number of hydrogen-bond donors (Lipinski definition) is 1. The molecular formula is C13H21NO2. The van der Waals surface area contributed by atoms with Crippen LogP contribution in [0, 0.1) is 0 Å². The van der Waals surface area contributed by atoms with Crippen LogP contribution in [-0.2, 0) is 0 Å². The summed E-state index contributed by atoms with van der Waals surface area (Å²) in [7, 11) is 3.27. The second-order valence-electron chi connectivity index (χ2n) is 3.86. The van der Waals surface area contributed by atoms with E-state index in [-0.39, 0.29) is 6.04 Å². The van der Waals surface area contributed by atoms with E-state index in [1.54, 1.807) is 14.2 Å². The molecular weight excluding hydrogens is 202 g/mol. The van der Waals surface area contributed by atoms with Gasteiger partial charge in [-0.2, -0.15) is 0 Å². The predicted molar refractivity (Wildman–Crippen MR) is 66.0 cm³/mol. The van der Waals surface area contributed by atoms with Crippen molar-refractivity contribution in [3.63, 3.8) is 0 Å². The SMILES string of the molecule is CCCCC(N)c1ccc(OC)c(OC)c1. The van der Waals surface area contributed by atoms with E-state index >= 15 is 0 Å². The first-order chi connectivity index (χ1) is 7.72.